The standard InChI is InChI=1S/C20H19ClN2O2/c21-18-10-15(14-5-7-22-8-6-14)9-16-12-23(20(25)19(16)18)11-13-1-3-17(24)4-2-13/h1-5,9-10,22,24H,6-8,11-12H2. The molecule has 2 aliphatic rings. The Hall–Kier alpha value is -2.30. The molecule has 0 fully saturated rings. The summed E-state index contributed by atoms with van der Waals surface area (Å²) in [4.78, 5) is 14.5. The fourth-order valence-electron chi connectivity index (χ4n) is 3.48. The van der Waals surface area contributed by atoms with E-state index in [1.54, 1.807) is 17.0 Å². The lowest BCUT2D eigenvalue weighted by molar-refractivity contribution is 0.0767. The lowest BCUT2D eigenvalue weighted by Gasteiger charge is -2.15. The van der Waals surface area contributed by atoms with Crippen molar-refractivity contribution in [1.82, 2.24) is 10.2 Å². The smallest absolute Gasteiger partial charge is 0.256 e. The Balaban J connectivity index is 1.61. The second kappa shape index (κ2) is 6.54. The first-order valence-corrected chi connectivity index (χ1v) is 8.79. The zero-order chi connectivity index (χ0) is 17.4. The van der Waals surface area contributed by atoms with Crippen molar-refractivity contribution < 1.29 is 9.90 Å². The molecule has 0 unspecified atom stereocenters. The van der Waals surface area contributed by atoms with Gasteiger partial charge in [-0.1, -0.05) is 29.8 Å². The molecule has 1 amide bonds. The van der Waals surface area contributed by atoms with Gasteiger partial charge < -0.3 is 15.3 Å². The molecule has 4 nitrogen and oxygen atoms in total. The maximum absolute atomic E-state index is 12.7. The molecular formula is C20H19ClN2O2. The number of nitrogens with one attached hydrogen (secondary N) is 1. The molecule has 5 heteroatoms. The topological polar surface area (TPSA) is 52.6 Å². The summed E-state index contributed by atoms with van der Waals surface area (Å²) in [5, 5.41) is 13.2. The summed E-state index contributed by atoms with van der Waals surface area (Å²) in [5.74, 6) is 0.196. The lowest BCUT2D eigenvalue weighted by atomic mass is 9.96. The molecule has 0 atom stereocenters. The van der Waals surface area contributed by atoms with E-state index >= 15 is 0 Å². The van der Waals surface area contributed by atoms with Crippen LogP contribution in [-0.2, 0) is 13.1 Å². The second-order valence-electron chi connectivity index (χ2n) is 6.50. The Morgan fingerprint density at radius 3 is 2.72 bits per heavy atom. The van der Waals surface area contributed by atoms with Crippen LogP contribution < -0.4 is 5.32 Å². The molecule has 2 heterocycles. The van der Waals surface area contributed by atoms with Gasteiger partial charge in [-0.3, -0.25) is 4.79 Å². The summed E-state index contributed by atoms with van der Waals surface area (Å²) in [5.41, 5.74) is 5.00. The number of fused-ring (bicyclic) bond motifs is 1. The SMILES string of the molecule is O=C1c2c(Cl)cc(C3=CCNCC3)cc2CN1Cc1ccc(O)cc1. The quantitative estimate of drug-likeness (QED) is 0.885. The van der Waals surface area contributed by atoms with Gasteiger partial charge in [0.25, 0.3) is 5.91 Å². The molecule has 2 aromatic carbocycles. The molecule has 4 rings (SSSR count). The van der Waals surface area contributed by atoms with E-state index in [0.29, 0.717) is 23.7 Å². The normalized spacial score (nSPS) is 16.8. The molecule has 0 radical (unpaired) electrons. The van der Waals surface area contributed by atoms with Gasteiger partial charge in [0, 0.05) is 19.6 Å². The molecule has 2 aromatic rings. The zero-order valence-corrected chi connectivity index (χ0v) is 14.5. The Bertz CT molecular complexity index is 859. The van der Waals surface area contributed by atoms with Crippen molar-refractivity contribution in [1.29, 1.82) is 0 Å². The van der Waals surface area contributed by atoms with Gasteiger partial charge in [0.05, 0.1) is 10.6 Å². The van der Waals surface area contributed by atoms with Crippen LogP contribution in [0.3, 0.4) is 0 Å². The van der Waals surface area contributed by atoms with Gasteiger partial charge >= 0.3 is 0 Å². The zero-order valence-electron chi connectivity index (χ0n) is 13.8. The number of hydrogen-bond acceptors (Lipinski definition) is 3. The van der Waals surface area contributed by atoms with Crippen LogP contribution in [0.1, 0.15) is 33.5 Å². The highest BCUT2D eigenvalue weighted by Gasteiger charge is 2.30. The van der Waals surface area contributed by atoms with Crippen molar-refractivity contribution in [2.24, 2.45) is 0 Å². The molecule has 2 N–H and O–H groups in total. The summed E-state index contributed by atoms with van der Waals surface area (Å²) in [7, 11) is 0. The largest absolute Gasteiger partial charge is 0.508 e. The minimum Gasteiger partial charge on any atom is -0.508 e. The van der Waals surface area contributed by atoms with E-state index in [0.717, 1.165) is 36.2 Å². The van der Waals surface area contributed by atoms with Crippen LogP contribution in [0.25, 0.3) is 5.57 Å². The number of halogens is 1. The van der Waals surface area contributed by atoms with Crippen LogP contribution in [0.5, 0.6) is 5.75 Å². The van der Waals surface area contributed by atoms with Gasteiger partial charge in [-0.05, 0) is 59.5 Å². The number of carbonyl (C=O) groups is 1. The average molecular weight is 355 g/mol. The van der Waals surface area contributed by atoms with Crippen molar-refractivity contribution in [2.45, 2.75) is 19.5 Å². The number of aromatic hydroxyl groups is 1. The van der Waals surface area contributed by atoms with Gasteiger partial charge in [-0.25, -0.2) is 0 Å². The molecule has 128 valence electrons. The number of phenolic OH excluding ortho intramolecular Hbond substituents is 1. The first kappa shape index (κ1) is 16.2. The Kier molecular flexibility index (Phi) is 4.24. The number of rotatable bonds is 3. The van der Waals surface area contributed by atoms with Gasteiger partial charge in [0.2, 0.25) is 0 Å². The van der Waals surface area contributed by atoms with Crippen LogP contribution in [0, 0.1) is 0 Å². The van der Waals surface area contributed by atoms with E-state index in [4.69, 9.17) is 11.6 Å². The third-order valence-corrected chi connectivity index (χ3v) is 5.08. The third kappa shape index (κ3) is 3.15. The maximum Gasteiger partial charge on any atom is 0.256 e. The maximum atomic E-state index is 12.7. The number of amides is 1. The summed E-state index contributed by atoms with van der Waals surface area (Å²) < 4.78 is 0. The first-order valence-electron chi connectivity index (χ1n) is 8.41. The average Bonchev–Trinajstić information content (AvgIpc) is 2.94. The van der Waals surface area contributed by atoms with Crippen molar-refractivity contribution in [3.05, 3.63) is 69.8 Å². The van der Waals surface area contributed by atoms with E-state index in [9.17, 15) is 9.90 Å². The van der Waals surface area contributed by atoms with Gasteiger partial charge in [-0.2, -0.15) is 0 Å². The highest BCUT2D eigenvalue weighted by molar-refractivity contribution is 6.34. The number of nitrogens with zero attached hydrogens (tertiary/aromatic N) is 1. The molecule has 0 saturated heterocycles. The molecule has 0 aromatic heterocycles. The molecule has 2 aliphatic heterocycles. The van der Waals surface area contributed by atoms with E-state index in [-0.39, 0.29) is 11.7 Å². The van der Waals surface area contributed by atoms with Crippen molar-refractivity contribution in [3.8, 4) is 5.75 Å². The van der Waals surface area contributed by atoms with E-state index in [2.05, 4.69) is 17.5 Å². The fourth-order valence-corrected chi connectivity index (χ4v) is 3.80. The summed E-state index contributed by atoms with van der Waals surface area (Å²) in [6.45, 7) is 2.91. The molecular weight excluding hydrogens is 336 g/mol. The van der Waals surface area contributed by atoms with Crippen molar-refractivity contribution >= 4 is 23.1 Å². The fraction of sp³-hybridized carbons (Fsp3) is 0.250. The minimum absolute atomic E-state index is 0.0288. The Morgan fingerprint density at radius 2 is 2.00 bits per heavy atom. The lowest BCUT2D eigenvalue weighted by Crippen LogP contribution is -2.23. The van der Waals surface area contributed by atoms with E-state index in [1.807, 2.05) is 18.2 Å². The number of phenols is 1. The summed E-state index contributed by atoms with van der Waals surface area (Å²) in [6.07, 6.45) is 3.16. The van der Waals surface area contributed by atoms with E-state index in [1.165, 1.54) is 5.57 Å². The number of benzene rings is 2. The molecule has 0 spiro atoms. The first-order chi connectivity index (χ1) is 12.1. The highest BCUT2D eigenvalue weighted by atomic mass is 35.5. The third-order valence-electron chi connectivity index (χ3n) is 4.78. The van der Waals surface area contributed by atoms with Gasteiger partial charge in [0.15, 0.2) is 0 Å². The van der Waals surface area contributed by atoms with Crippen molar-refractivity contribution in [3.63, 3.8) is 0 Å². The number of carbonyl (C=O) groups excluding carboxylic acids is 1. The molecule has 0 saturated carbocycles. The minimum atomic E-state index is -0.0288. The predicted octanol–water partition coefficient (Wildman–Crippen LogP) is 3.58. The van der Waals surface area contributed by atoms with E-state index < -0.39 is 0 Å². The monoisotopic (exact) mass is 354 g/mol. The molecule has 0 bridgehead atoms. The summed E-state index contributed by atoms with van der Waals surface area (Å²) >= 11 is 6.45. The van der Waals surface area contributed by atoms with Gasteiger partial charge in [0.1, 0.15) is 5.75 Å². The number of hydrogen-bond donors (Lipinski definition) is 2. The molecule has 0 aliphatic carbocycles. The van der Waals surface area contributed by atoms with Crippen LogP contribution in [0.4, 0.5) is 0 Å². The van der Waals surface area contributed by atoms with Gasteiger partial charge in [-0.15, -0.1) is 0 Å². The van der Waals surface area contributed by atoms with Crippen LogP contribution in [0.15, 0.2) is 42.5 Å². The second-order valence-corrected chi connectivity index (χ2v) is 6.91. The van der Waals surface area contributed by atoms with Crippen molar-refractivity contribution in [2.75, 3.05) is 13.1 Å². The summed E-state index contributed by atoms with van der Waals surface area (Å²) in [6, 6.07) is 11.0. The Morgan fingerprint density at radius 1 is 1.20 bits per heavy atom. The Labute approximate surface area is 151 Å². The van der Waals surface area contributed by atoms with Crippen LogP contribution in [0.2, 0.25) is 5.02 Å². The predicted molar refractivity (Wildman–Crippen MR) is 98.6 cm³/mol. The molecule has 25 heavy (non-hydrogen) atoms. The highest BCUT2D eigenvalue weighted by Crippen LogP contribution is 2.34. The van der Waals surface area contributed by atoms with Crippen LogP contribution in [-0.4, -0.2) is 29.0 Å². The van der Waals surface area contributed by atoms with Crippen LogP contribution >= 0.6 is 11.6 Å².